The van der Waals surface area contributed by atoms with E-state index in [9.17, 15) is 22.8 Å². The predicted molar refractivity (Wildman–Crippen MR) is 198 cm³/mol. The van der Waals surface area contributed by atoms with Crippen molar-refractivity contribution in [3.63, 3.8) is 0 Å². The number of likely N-dealkylation sites (N-methyl/N-ethyl adjacent to an activating group) is 1. The van der Waals surface area contributed by atoms with E-state index in [1.807, 2.05) is 13.8 Å². The fourth-order valence-electron chi connectivity index (χ4n) is 9.64. The number of carbonyl (C=O) groups excluding carboxylic acids is 2. The van der Waals surface area contributed by atoms with E-state index in [1.54, 1.807) is 12.0 Å². The van der Waals surface area contributed by atoms with Crippen LogP contribution in [0.2, 0.25) is 0 Å². The van der Waals surface area contributed by atoms with E-state index in [0.29, 0.717) is 36.3 Å². The number of amides is 2. The lowest BCUT2D eigenvalue weighted by molar-refractivity contribution is 0.0731. The zero-order valence-corrected chi connectivity index (χ0v) is 31.6. The van der Waals surface area contributed by atoms with Gasteiger partial charge in [0.1, 0.15) is 11.3 Å². The van der Waals surface area contributed by atoms with Crippen molar-refractivity contribution >= 4 is 38.7 Å². The number of hydrogen-bond donors (Lipinski definition) is 1. The standard InChI is InChI=1S/C39H47N5O8S/c1-22-15-31(42-14-13-41(3)26(19-42)21-50-4)23(2)35-34(22)28-10-12-43(20-30(28)38(47)52-35)37(46)24-5-8-29(32(16-24)51-27-6-7-27)36(45)40-53(48,49)44-25-9-11-39(17-25)18-33(39)44/h5,8,15-16,25-27,33H,6-7,9-14,17-21H2,1-4H3,(H,40,45)/t25?,26-,33?,39?/m1/s1. The molecule has 2 aromatic carbocycles. The highest BCUT2D eigenvalue weighted by Crippen LogP contribution is 2.68. The van der Waals surface area contributed by atoms with Crippen molar-refractivity contribution in [2.75, 3.05) is 51.8 Å². The van der Waals surface area contributed by atoms with Gasteiger partial charge in [0, 0.05) is 67.6 Å². The molecule has 3 saturated carbocycles. The maximum Gasteiger partial charge on any atom is 0.341 e. The normalized spacial score (nSPS) is 26.8. The lowest BCUT2D eigenvalue weighted by Gasteiger charge is -2.41. The number of carbonyl (C=O) groups is 2. The topological polar surface area (TPSA) is 142 Å². The van der Waals surface area contributed by atoms with Crippen molar-refractivity contribution in [1.82, 2.24) is 18.8 Å². The Labute approximate surface area is 309 Å². The monoisotopic (exact) mass is 745 g/mol. The van der Waals surface area contributed by atoms with Crippen LogP contribution in [0.3, 0.4) is 0 Å². The van der Waals surface area contributed by atoms with Crippen LogP contribution in [0.15, 0.2) is 33.5 Å². The van der Waals surface area contributed by atoms with Gasteiger partial charge < -0.3 is 23.7 Å². The van der Waals surface area contributed by atoms with E-state index < -0.39 is 21.7 Å². The number of piperazine rings is 1. The third-order valence-corrected chi connectivity index (χ3v) is 14.3. The second-order valence-corrected chi connectivity index (χ2v) is 17.7. The Morgan fingerprint density at radius 2 is 1.87 bits per heavy atom. The maximum absolute atomic E-state index is 14.0. The van der Waals surface area contributed by atoms with Crippen molar-refractivity contribution in [1.29, 1.82) is 0 Å². The summed E-state index contributed by atoms with van der Waals surface area (Å²) in [6.07, 6.45) is 5.61. The van der Waals surface area contributed by atoms with Gasteiger partial charge in [0.15, 0.2) is 0 Å². The summed E-state index contributed by atoms with van der Waals surface area (Å²) in [5.41, 5.74) is 5.00. The molecule has 1 N–H and O–H groups in total. The SMILES string of the molecule is COC[C@H]1CN(c2cc(C)c3c4c(c(=O)oc3c2C)CN(C(=O)c2ccc(C(=O)NS(=O)(=O)N3C5CCC6(C5)CC36)c(OC3CC3)c2)CC4)CCN1C. The number of anilines is 1. The number of nitrogens with one attached hydrogen (secondary N) is 1. The molecule has 3 unspecified atom stereocenters. The van der Waals surface area contributed by atoms with Crippen LogP contribution in [0, 0.1) is 19.3 Å². The van der Waals surface area contributed by atoms with Gasteiger partial charge in [-0.2, -0.15) is 12.7 Å². The minimum atomic E-state index is -4.04. The van der Waals surface area contributed by atoms with Gasteiger partial charge in [-0.05, 0) is 107 Å². The molecule has 5 fully saturated rings. The summed E-state index contributed by atoms with van der Waals surface area (Å²) < 4.78 is 48.2. The van der Waals surface area contributed by atoms with Gasteiger partial charge in [0.05, 0.1) is 36.4 Å². The van der Waals surface area contributed by atoms with Crippen LogP contribution in [-0.4, -0.2) is 106 Å². The Kier molecular flexibility index (Phi) is 8.22. The first-order valence-corrected chi connectivity index (χ1v) is 20.3. The minimum absolute atomic E-state index is 0.0225. The Morgan fingerprint density at radius 3 is 2.60 bits per heavy atom. The molecule has 282 valence electrons. The number of methoxy groups -OCH3 is 1. The Hall–Kier alpha value is -3.98. The number of hydrogen-bond acceptors (Lipinski definition) is 10. The highest BCUT2D eigenvalue weighted by Gasteiger charge is 2.70. The molecule has 6 aliphatic rings. The van der Waals surface area contributed by atoms with Crippen LogP contribution < -0.4 is 20.0 Å². The van der Waals surface area contributed by atoms with Gasteiger partial charge in [-0.25, -0.2) is 9.52 Å². The second kappa shape index (κ2) is 12.5. The summed E-state index contributed by atoms with van der Waals surface area (Å²) in [6, 6.07) is 6.88. The fourth-order valence-corrected chi connectivity index (χ4v) is 11.3. The van der Waals surface area contributed by atoms with Crippen molar-refractivity contribution in [2.45, 2.75) is 89.6 Å². The predicted octanol–water partition coefficient (Wildman–Crippen LogP) is 3.52. The van der Waals surface area contributed by atoms with Gasteiger partial charge in [0.25, 0.3) is 11.8 Å². The zero-order chi connectivity index (χ0) is 37.0. The molecule has 3 aromatic rings. The van der Waals surface area contributed by atoms with E-state index in [1.165, 1.54) is 22.5 Å². The molecule has 0 radical (unpaired) electrons. The van der Waals surface area contributed by atoms with Gasteiger partial charge in [-0.3, -0.25) is 14.5 Å². The molecule has 3 aliphatic heterocycles. The molecule has 3 aliphatic carbocycles. The number of piperidine rings is 2. The Balaban J connectivity index is 0.957. The van der Waals surface area contributed by atoms with Crippen LogP contribution >= 0.6 is 0 Å². The number of nitrogens with zero attached hydrogens (tertiary/aromatic N) is 4. The third kappa shape index (κ3) is 5.83. The minimum Gasteiger partial charge on any atom is -0.490 e. The van der Waals surface area contributed by atoms with E-state index in [4.69, 9.17) is 13.9 Å². The third-order valence-electron chi connectivity index (χ3n) is 12.8. The van der Waals surface area contributed by atoms with Crippen LogP contribution in [0.5, 0.6) is 5.75 Å². The van der Waals surface area contributed by atoms with Gasteiger partial charge in [0.2, 0.25) is 0 Å². The molecular weight excluding hydrogens is 699 g/mol. The van der Waals surface area contributed by atoms with Gasteiger partial charge in [-0.1, -0.05) is 0 Å². The number of fused-ring (bicyclic) bond motifs is 4. The highest BCUT2D eigenvalue weighted by molar-refractivity contribution is 7.87. The molecule has 4 heterocycles. The molecule has 9 rings (SSSR count). The summed E-state index contributed by atoms with van der Waals surface area (Å²) in [5.74, 6) is -0.910. The van der Waals surface area contributed by atoms with E-state index in [2.05, 4.69) is 27.6 Å². The summed E-state index contributed by atoms with van der Waals surface area (Å²) in [7, 11) is -0.203. The number of rotatable bonds is 9. The Morgan fingerprint density at radius 1 is 1.06 bits per heavy atom. The van der Waals surface area contributed by atoms with Crippen molar-refractivity contribution in [3.8, 4) is 5.75 Å². The number of benzene rings is 2. The summed E-state index contributed by atoms with van der Waals surface area (Å²) in [4.78, 5) is 47.4. The Bertz CT molecular complexity index is 2210. The lowest BCUT2D eigenvalue weighted by Crippen LogP contribution is -2.53. The van der Waals surface area contributed by atoms with Crippen molar-refractivity contribution in [2.24, 2.45) is 5.41 Å². The molecule has 14 heteroatoms. The quantitative estimate of drug-likeness (QED) is 0.324. The summed E-state index contributed by atoms with van der Waals surface area (Å²) in [5, 5.41) is 0.930. The van der Waals surface area contributed by atoms with Crippen molar-refractivity contribution < 1.29 is 31.9 Å². The second-order valence-electron chi connectivity index (χ2n) is 16.2. The smallest absolute Gasteiger partial charge is 0.341 e. The van der Waals surface area contributed by atoms with E-state index in [-0.39, 0.29) is 53.4 Å². The van der Waals surface area contributed by atoms with Crippen LogP contribution in [0.1, 0.15) is 81.5 Å². The molecule has 4 atom stereocenters. The number of ether oxygens (including phenoxy) is 2. The first-order chi connectivity index (χ1) is 25.4. The van der Waals surface area contributed by atoms with Crippen molar-refractivity contribution in [3.05, 3.63) is 68.1 Å². The molecule has 53 heavy (non-hydrogen) atoms. The van der Waals surface area contributed by atoms with Crippen LogP contribution in [-0.2, 0) is 27.9 Å². The number of aryl methyl sites for hydroxylation is 2. The molecule has 2 amide bonds. The lowest BCUT2D eigenvalue weighted by atomic mass is 9.92. The molecule has 13 nitrogen and oxygen atoms in total. The summed E-state index contributed by atoms with van der Waals surface area (Å²) in [6.45, 7) is 7.72. The molecule has 1 spiro atoms. The molecule has 1 aromatic heterocycles. The largest absolute Gasteiger partial charge is 0.490 e. The average molecular weight is 746 g/mol. The first-order valence-electron chi connectivity index (χ1n) is 18.9. The van der Waals surface area contributed by atoms with Gasteiger partial charge >= 0.3 is 15.8 Å². The van der Waals surface area contributed by atoms with Gasteiger partial charge in [-0.15, -0.1) is 0 Å². The fraction of sp³-hybridized carbons (Fsp3) is 0.564. The van der Waals surface area contributed by atoms with E-state index in [0.717, 1.165) is 85.9 Å². The highest BCUT2D eigenvalue weighted by atomic mass is 32.2. The van der Waals surface area contributed by atoms with Crippen LogP contribution in [0.4, 0.5) is 5.69 Å². The summed E-state index contributed by atoms with van der Waals surface area (Å²) >= 11 is 0. The average Bonchev–Trinajstić information content (AvgIpc) is 4.02. The van der Waals surface area contributed by atoms with E-state index >= 15 is 0 Å². The molecule has 2 bridgehead atoms. The molecular formula is C39H47N5O8S. The maximum atomic E-state index is 14.0. The molecule has 2 saturated heterocycles. The zero-order valence-electron chi connectivity index (χ0n) is 30.8. The van der Waals surface area contributed by atoms with Crippen LogP contribution in [0.25, 0.3) is 11.0 Å². The first kappa shape index (κ1) is 34.8.